The molecule has 25 heavy (non-hydrogen) atoms. The van der Waals surface area contributed by atoms with Crippen LogP contribution < -0.4 is 4.74 Å². The summed E-state index contributed by atoms with van der Waals surface area (Å²) in [5.41, 5.74) is 1.74. The van der Waals surface area contributed by atoms with Gasteiger partial charge >= 0.3 is 0 Å². The standard InChI is InChI=1S/C20H24N2O3/c1-25-19-14-17(7-10-21-19)20(24)22-11-8-16(9-12-22)18(23)13-15-5-3-2-4-6-15/h2-7,10,14,16,18,23H,8-9,11-13H2,1H3/t18-/m1/s1. The van der Waals surface area contributed by atoms with Crippen LogP contribution in [0.5, 0.6) is 5.88 Å². The van der Waals surface area contributed by atoms with E-state index in [2.05, 4.69) is 4.98 Å². The van der Waals surface area contributed by atoms with Gasteiger partial charge in [-0.2, -0.15) is 0 Å². The molecule has 2 heterocycles. The maximum absolute atomic E-state index is 12.6. The molecule has 3 rings (SSSR count). The third-order valence-corrected chi connectivity index (χ3v) is 4.85. The number of piperidine rings is 1. The van der Waals surface area contributed by atoms with Crippen molar-refractivity contribution in [2.75, 3.05) is 20.2 Å². The molecule has 1 N–H and O–H groups in total. The maximum atomic E-state index is 12.6. The zero-order valence-electron chi connectivity index (χ0n) is 14.5. The molecule has 1 aromatic carbocycles. The molecule has 2 aromatic rings. The maximum Gasteiger partial charge on any atom is 0.254 e. The largest absolute Gasteiger partial charge is 0.481 e. The van der Waals surface area contributed by atoms with Gasteiger partial charge in [-0.3, -0.25) is 4.79 Å². The van der Waals surface area contributed by atoms with Gasteiger partial charge in [-0.05, 0) is 36.8 Å². The molecule has 132 valence electrons. The first-order valence-corrected chi connectivity index (χ1v) is 8.68. The number of rotatable bonds is 5. The summed E-state index contributed by atoms with van der Waals surface area (Å²) in [6.07, 6.45) is 3.54. The van der Waals surface area contributed by atoms with Crippen molar-refractivity contribution < 1.29 is 14.6 Å². The average Bonchev–Trinajstić information content (AvgIpc) is 2.68. The predicted molar refractivity (Wildman–Crippen MR) is 95.6 cm³/mol. The van der Waals surface area contributed by atoms with Gasteiger partial charge < -0.3 is 14.7 Å². The van der Waals surface area contributed by atoms with Crippen LogP contribution in [0.4, 0.5) is 0 Å². The number of pyridine rings is 1. The Hall–Kier alpha value is -2.40. The second-order valence-electron chi connectivity index (χ2n) is 6.47. The molecule has 0 unspecified atom stereocenters. The first-order chi connectivity index (χ1) is 12.2. The fourth-order valence-corrected chi connectivity index (χ4v) is 3.35. The van der Waals surface area contributed by atoms with Gasteiger partial charge in [0.2, 0.25) is 5.88 Å². The molecule has 1 amide bonds. The molecule has 5 nitrogen and oxygen atoms in total. The fraction of sp³-hybridized carbons (Fsp3) is 0.400. The van der Waals surface area contributed by atoms with Crippen LogP contribution in [0.2, 0.25) is 0 Å². The Labute approximate surface area is 148 Å². The summed E-state index contributed by atoms with van der Waals surface area (Å²) in [7, 11) is 1.54. The summed E-state index contributed by atoms with van der Waals surface area (Å²) < 4.78 is 5.08. The van der Waals surface area contributed by atoms with Gasteiger partial charge in [0.05, 0.1) is 13.2 Å². The average molecular weight is 340 g/mol. The number of nitrogens with zero attached hydrogens (tertiary/aromatic N) is 2. The highest BCUT2D eigenvalue weighted by atomic mass is 16.5. The molecule has 0 bridgehead atoms. The number of aromatic nitrogens is 1. The van der Waals surface area contributed by atoms with E-state index in [0.29, 0.717) is 31.0 Å². The van der Waals surface area contributed by atoms with Crippen molar-refractivity contribution in [3.8, 4) is 5.88 Å². The quantitative estimate of drug-likeness (QED) is 0.909. The van der Waals surface area contributed by atoms with Crippen molar-refractivity contribution in [3.05, 3.63) is 59.8 Å². The van der Waals surface area contributed by atoms with Crippen molar-refractivity contribution in [2.45, 2.75) is 25.4 Å². The molecule has 1 aliphatic heterocycles. The highest BCUT2D eigenvalue weighted by Crippen LogP contribution is 2.24. The lowest BCUT2D eigenvalue weighted by atomic mass is 9.88. The van der Waals surface area contributed by atoms with E-state index >= 15 is 0 Å². The summed E-state index contributed by atoms with van der Waals surface area (Å²) in [5, 5.41) is 10.5. The van der Waals surface area contributed by atoms with Crippen molar-refractivity contribution >= 4 is 5.91 Å². The lowest BCUT2D eigenvalue weighted by molar-refractivity contribution is 0.0467. The number of aliphatic hydroxyl groups is 1. The second-order valence-corrected chi connectivity index (χ2v) is 6.47. The SMILES string of the molecule is COc1cc(C(=O)N2CCC([C@H](O)Cc3ccccc3)CC2)ccn1. The van der Waals surface area contributed by atoms with E-state index in [-0.39, 0.29) is 17.9 Å². The lowest BCUT2D eigenvalue weighted by Gasteiger charge is -2.34. The van der Waals surface area contributed by atoms with E-state index in [1.165, 1.54) is 7.11 Å². The number of amides is 1. The van der Waals surface area contributed by atoms with Crippen molar-refractivity contribution in [3.63, 3.8) is 0 Å². The molecule has 1 aromatic heterocycles. The summed E-state index contributed by atoms with van der Waals surface area (Å²) in [6.45, 7) is 1.33. The molecule has 1 atom stereocenters. The van der Waals surface area contributed by atoms with Gasteiger partial charge in [0, 0.05) is 30.9 Å². The summed E-state index contributed by atoms with van der Waals surface area (Å²) in [6, 6.07) is 13.4. The van der Waals surface area contributed by atoms with E-state index in [1.54, 1.807) is 18.3 Å². The minimum absolute atomic E-state index is 0.00306. The van der Waals surface area contributed by atoms with Gasteiger partial charge in [-0.1, -0.05) is 30.3 Å². The normalized spacial score (nSPS) is 16.5. The molecule has 0 spiro atoms. The van der Waals surface area contributed by atoms with Gasteiger partial charge in [-0.15, -0.1) is 0 Å². The number of likely N-dealkylation sites (tertiary alicyclic amines) is 1. The number of benzene rings is 1. The van der Waals surface area contributed by atoms with Crippen LogP contribution in [-0.2, 0) is 6.42 Å². The van der Waals surface area contributed by atoms with Crippen LogP contribution in [0.1, 0.15) is 28.8 Å². The van der Waals surface area contributed by atoms with E-state index in [9.17, 15) is 9.90 Å². The monoisotopic (exact) mass is 340 g/mol. The molecular weight excluding hydrogens is 316 g/mol. The fourth-order valence-electron chi connectivity index (χ4n) is 3.35. The molecule has 1 saturated heterocycles. The Kier molecular flexibility index (Phi) is 5.66. The minimum atomic E-state index is -0.360. The third kappa shape index (κ3) is 4.37. The molecule has 0 radical (unpaired) electrons. The van der Waals surface area contributed by atoms with Crippen molar-refractivity contribution in [1.29, 1.82) is 0 Å². The van der Waals surface area contributed by atoms with Gasteiger partial charge in [0.15, 0.2) is 0 Å². The Balaban J connectivity index is 1.55. The number of hydrogen-bond acceptors (Lipinski definition) is 4. The Morgan fingerprint density at radius 3 is 2.68 bits per heavy atom. The number of carbonyl (C=O) groups is 1. The minimum Gasteiger partial charge on any atom is -0.481 e. The van der Waals surface area contributed by atoms with Crippen LogP contribution in [0.25, 0.3) is 0 Å². The lowest BCUT2D eigenvalue weighted by Crippen LogP contribution is -2.41. The highest BCUT2D eigenvalue weighted by molar-refractivity contribution is 5.94. The molecule has 0 saturated carbocycles. The molecule has 0 aliphatic carbocycles. The molecule has 5 heteroatoms. The zero-order valence-corrected chi connectivity index (χ0v) is 14.5. The van der Waals surface area contributed by atoms with Crippen LogP contribution in [0, 0.1) is 5.92 Å². The van der Waals surface area contributed by atoms with Crippen LogP contribution >= 0.6 is 0 Å². The van der Waals surface area contributed by atoms with E-state index < -0.39 is 0 Å². The predicted octanol–water partition coefficient (Wildman–Crippen LogP) is 2.55. The summed E-state index contributed by atoms with van der Waals surface area (Å²) in [4.78, 5) is 18.5. The summed E-state index contributed by atoms with van der Waals surface area (Å²) in [5.74, 6) is 0.673. The number of aliphatic hydroxyl groups excluding tert-OH is 1. The Morgan fingerprint density at radius 1 is 1.28 bits per heavy atom. The van der Waals surface area contributed by atoms with Crippen LogP contribution in [0.3, 0.4) is 0 Å². The number of ether oxygens (including phenoxy) is 1. The van der Waals surface area contributed by atoms with Gasteiger partial charge in [0.25, 0.3) is 5.91 Å². The molecular formula is C20H24N2O3. The Morgan fingerprint density at radius 2 is 2.00 bits per heavy atom. The molecule has 1 fully saturated rings. The summed E-state index contributed by atoms with van der Waals surface area (Å²) >= 11 is 0. The highest BCUT2D eigenvalue weighted by Gasteiger charge is 2.28. The second kappa shape index (κ2) is 8.12. The van der Waals surface area contributed by atoms with E-state index in [4.69, 9.17) is 4.74 Å². The van der Waals surface area contributed by atoms with Crippen molar-refractivity contribution in [1.82, 2.24) is 9.88 Å². The van der Waals surface area contributed by atoms with Gasteiger partial charge in [0.1, 0.15) is 0 Å². The number of carbonyl (C=O) groups excluding carboxylic acids is 1. The van der Waals surface area contributed by atoms with Crippen molar-refractivity contribution in [2.24, 2.45) is 5.92 Å². The number of methoxy groups -OCH3 is 1. The third-order valence-electron chi connectivity index (χ3n) is 4.85. The number of hydrogen-bond donors (Lipinski definition) is 1. The first-order valence-electron chi connectivity index (χ1n) is 8.68. The Bertz CT molecular complexity index is 697. The van der Waals surface area contributed by atoms with E-state index in [1.807, 2.05) is 35.2 Å². The van der Waals surface area contributed by atoms with E-state index in [0.717, 1.165) is 18.4 Å². The zero-order chi connectivity index (χ0) is 17.6. The topological polar surface area (TPSA) is 62.7 Å². The first kappa shape index (κ1) is 17.4. The van der Waals surface area contributed by atoms with Crippen LogP contribution in [-0.4, -0.2) is 47.2 Å². The molecule has 1 aliphatic rings. The smallest absolute Gasteiger partial charge is 0.254 e. The van der Waals surface area contributed by atoms with Gasteiger partial charge in [-0.25, -0.2) is 4.98 Å². The van der Waals surface area contributed by atoms with Crippen LogP contribution in [0.15, 0.2) is 48.7 Å².